The first-order valence-electron chi connectivity index (χ1n) is 7.53. The van der Waals surface area contributed by atoms with Crippen LogP contribution in [0.2, 0.25) is 0 Å². The van der Waals surface area contributed by atoms with E-state index in [1.54, 1.807) is 0 Å². The molecule has 0 atom stereocenters. The molecule has 0 aliphatic heterocycles. The molecule has 1 aliphatic rings. The number of nitrogens with one attached hydrogen (secondary N) is 1. The zero-order chi connectivity index (χ0) is 15.8. The first kappa shape index (κ1) is 16.1. The lowest BCUT2D eigenvalue weighted by atomic mass is 10.1. The van der Waals surface area contributed by atoms with Crippen LogP contribution in [0.4, 0.5) is 10.9 Å². The van der Waals surface area contributed by atoms with Gasteiger partial charge in [-0.3, -0.25) is 4.79 Å². The van der Waals surface area contributed by atoms with E-state index in [9.17, 15) is 4.79 Å². The number of thiazole rings is 1. The average Bonchev–Trinajstić information content (AvgIpc) is 3.08. The molecule has 1 amide bonds. The minimum atomic E-state index is -0.0985. The molecule has 5 nitrogen and oxygen atoms in total. The maximum absolute atomic E-state index is 12.8. The highest BCUT2D eigenvalue weighted by molar-refractivity contribution is 7.18. The van der Waals surface area contributed by atoms with Crippen LogP contribution in [0.25, 0.3) is 0 Å². The van der Waals surface area contributed by atoms with Gasteiger partial charge in [0.1, 0.15) is 10.7 Å². The van der Waals surface area contributed by atoms with Crippen molar-refractivity contribution in [3.63, 3.8) is 0 Å². The number of hydrogen-bond donors (Lipinski definition) is 2. The van der Waals surface area contributed by atoms with Crippen molar-refractivity contribution in [2.75, 3.05) is 17.6 Å². The molecule has 2 rings (SSSR count). The number of aromatic nitrogens is 1. The van der Waals surface area contributed by atoms with Crippen molar-refractivity contribution in [2.45, 2.75) is 59.0 Å². The molecule has 1 fully saturated rings. The van der Waals surface area contributed by atoms with Crippen LogP contribution in [0.1, 0.15) is 57.1 Å². The van der Waals surface area contributed by atoms with E-state index in [4.69, 9.17) is 5.73 Å². The molecular formula is C15H26N4OS. The van der Waals surface area contributed by atoms with Crippen LogP contribution in [0.15, 0.2) is 0 Å². The van der Waals surface area contributed by atoms with Crippen molar-refractivity contribution >= 4 is 28.2 Å². The molecule has 1 saturated carbocycles. The Hall–Kier alpha value is -1.30. The second kappa shape index (κ2) is 5.83. The predicted molar refractivity (Wildman–Crippen MR) is 88.8 cm³/mol. The summed E-state index contributed by atoms with van der Waals surface area (Å²) < 4.78 is 0. The van der Waals surface area contributed by atoms with Gasteiger partial charge < -0.3 is 16.0 Å². The van der Waals surface area contributed by atoms with Crippen molar-refractivity contribution in [3.05, 3.63) is 4.88 Å². The van der Waals surface area contributed by atoms with E-state index in [0.717, 1.165) is 19.4 Å². The molecule has 1 aromatic heterocycles. The van der Waals surface area contributed by atoms with Crippen LogP contribution < -0.4 is 11.1 Å². The largest absolute Gasteiger partial charge is 0.382 e. The standard InChI is InChI=1S/C15H26N4OS/c1-9(2)8-19(10-6-7-10)13(20)11-12(16)17-14(21-11)18-15(3,4)5/h9-10H,6-8,16H2,1-5H3,(H,17,18). The third kappa shape index (κ3) is 4.33. The number of hydrogen-bond acceptors (Lipinski definition) is 5. The number of nitrogens with two attached hydrogens (primary N) is 1. The van der Waals surface area contributed by atoms with Crippen LogP contribution in [-0.2, 0) is 0 Å². The van der Waals surface area contributed by atoms with Crippen molar-refractivity contribution in [3.8, 4) is 0 Å². The van der Waals surface area contributed by atoms with Crippen molar-refractivity contribution in [1.29, 1.82) is 0 Å². The van der Waals surface area contributed by atoms with Crippen LogP contribution in [0.3, 0.4) is 0 Å². The molecule has 0 saturated heterocycles. The average molecular weight is 310 g/mol. The van der Waals surface area contributed by atoms with Crippen LogP contribution >= 0.6 is 11.3 Å². The zero-order valence-corrected chi connectivity index (χ0v) is 14.4. The Balaban J connectivity index is 2.17. The predicted octanol–water partition coefficient (Wildman–Crippen LogP) is 3.20. The third-order valence-corrected chi connectivity index (χ3v) is 4.11. The first-order chi connectivity index (χ1) is 9.67. The van der Waals surface area contributed by atoms with Gasteiger partial charge in [0.2, 0.25) is 0 Å². The molecule has 0 bridgehead atoms. The summed E-state index contributed by atoms with van der Waals surface area (Å²) in [5, 5.41) is 3.99. The lowest BCUT2D eigenvalue weighted by molar-refractivity contribution is 0.0728. The number of amides is 1. The van der Waals surface area contributed by atoms with Gasteiger partial charge in [-0.2, -0.15) is 0 Å². The van der Waals surface area contributed by atoms with Gasteiger partial charge in [0.25, 0.3) is 5.91 Å². The number of nitrogen functional groups attached to an aromatic ring is 1. The molecule has 6 heteroatoms. The van der Waals surface area contributed by atoms with E-state index in [2.05, 4.69) is 44.9 Å². The highest BCUT2D eigenvalue weighted by atomic mass is 32.1. The van der Waals surface area contributed by atoms with E-state index in [1.165, 1.54) is 11.3 Å². The Bertz CT molecular complexity index is 514. The highest BCUT2D eigenvalue weighted by Crippen LogP contribution is 2.33. The van der Waals surface area contributed by atoms with Crippen LogP contribution in [0.5, 0.6) is 0 Å². The molecule has 0 unspecified atom stereocenters. The summed E-state index contributed by atoms with van der Waals surface area (Å²) >= 11 is 1.36. The third-order valence-electron chi connectivity index (χ3n) is 3.14. The molecule has 0 aromatic carbocycles. The Morgan fingerprint density at radius 1 is 1.48 bits per heavy atom. The van der Waals surface area contributed by atoms with E-state index >= 15 is 0 Å². The molecule has 3 N–H and O–H groups in total. The second-order valence-electron chi connectivity index (χ2n) is 7.19. The minimum absolute atomic E-state index is 0.0307. The Labute approximate surface area is 130 Å². The van der Waals surface area contributed by atoms with Crippen molar-refractivity contribution in [1.82, 2.24) is 9.88 Å². The van der Waals surface area contributed by atoms with Crippen LogP contribution in [-0.4, -0.2) is 33.9 Å². The normalized spacial score (nSPS) is 15.3. The van der Waals surface area contributed by atoms with Gasteiger partial charge in [0, 0.05) is 18.1 Å². The summed E-state index contributed by atoms with van der Waals surface area (Å²) in [4.78, 5) is 19.6. The Kier molecular flexibility index (Phi) is 4.46. The number of carbonyl (C=O) groups is 1. The van der Waals surface area contributed by atoms with E-state index < -0.39 is 0 Å². The molecule has 0 spiro atoms. The summed E-state index contributed by atoms with van der Waals surface area (Å²) in [7, 11) is 0. The number of rotatable bonds is 5. The number of nitrogens with zero attached hydrogens (tertiary/aromatic N) is 2. The Morgan fingerprint density at radius 2 is 2.10 bits per heavy atom. The van der Waals surface area contributed by atoms with E-state index in [-0.39, 0.29) is 11.4 Å². The summed E-state index contributed by atoms with van der Waals surface area (Å²) in [5.41, 5.74) is 5.86. The van der Waals surface area contributed by atoms with Gasteiger partial charge in [-0.05, 0) is 39.5 Å². The fourth-order valence-corrected chi connectivity index (χ4v) is 3.22. The lowest BCUT2D eigenvalue weighted by Crippen LogP contribution is -2.36. The molecule has 0 radical (unpaired) electrons. The van der Waals surface area contributed by atoms with Gasteiger partial charge in [0.15, 0.2) is 5.13 Å². The summed E-state index contributed by atoms with van der Waals surface area (Å²) in [6.45, 7) is 11.2. The summed E-state index contributed by atoms with van der Waals surface area (Å²) in [6.07, 6.45) is 2.20. The maximum Gasteiger partial charge on any atom is 0.268 e. The molecule has 118 valence electrons. The smallest absolute Gasteiger partial charge is 0.268 e. The zero-order valence-electron chi connectivity index (χ0n) is 13.6. The van der Waals surface area contributed by atoms with Crippen LogP contribution in [0, 0.1) is 5.92 Å². The van der Waals surface area contributed by atoms with E-state index in [0.29, 0.717) is 27.8 Å². The van der Waals surface area contributed by atoms with Crippen molar-refractivity contribution in [2.24, 2.45) is 5.92 Å². The topological polar surface area (TPSA) is 71.2 Å². The number of carbonyl (C=O) groups excluding carboxylic acids is 1. The van der Waals surface area contributed by atoms with Gasteiger partial charge in [-0.1, -0.05) is 25.2 Å². The fraction of sp³-hybridized carbons (Fsp3) is 0.733. The highest BCUT2D eigenvalue weighted by Gasteiger charge is 2.35. The fourth-order valence-electron chi connectivity index (χ4n) is 2.17. The first-order valence-corrected chi connectivity index (χ1v) is 8.34. The quantitative estimate of drug-likeness (QED) is 0.876. The lowest BCUT2D eigenvalue weighted by Gasteiger charge is -2.23. The second-order valence-corrected chi connectivity index (χ2v) is 8.19. The molecule has 1 aliphatic carbocycles. The molecule has 21 heavy (non-hydrogen) atoms. The monoisotopic (exact) mass is 310 g/mol. The van der Waals surface area contributed by atoms with Gasteiger partial charge >= 0.3 is 0 Å². The molecule has 1 aromatic rings. The summed E-state index contributed by atoms with van der Waals surface area (Å²) in [6, 6.07) is 0.389. The van der Waals surface area contributed by atoms with Crippen molar-refractivity contribution < 1.29 is 4.79 Å². The maximum atomic E-state index is 12.8. The molecular weight excluding hydrogens is 284 g/mol. The Morgan fingerprint density at radius 3 is 2.57 bits per heavy atom. The van der Waals surface area contributed by atoms with Gasteiger partial charge in [0.05, 0.1) is 0 Å². The SMILES string of the molecule is CC(C)CN(C(=O)c1sc(NC(C)(C)C)nc1N)C1CC1. The van der Waals surface area contributed by atoms with E-state index in [1.807, 2.05) is 4.90 Å². The number of anilines is 2. The van der Waals surface area contributed by atoms with Gasteiger partial charge in [-0.15, -0.1) is 0 Å². The van der Waals surface area contributed by atoms with Gasteiger partial charge in [-0.25, -0.2) is 4.98 Å². The minimum Gasteiger partial charge on any atom is -0.382 e. The summed E-state index contributed by atoms with van der Waals surface area (Å²) in [5.74, 6) is 0.824. The molecule has 1 heterocycles.